The number of benzene rings is 2. The summed E-state index contributed by atoms with van der Waals surface area (Å²) in [7, 11) is 0. The first-order chi connectivity index (χ1) is 13.2. The summed E-state index contributed by atoms with van der Waals surface area (Å²) < 4.78 is 0. The van der Waals surface area contributed by atoms with Crippen LogP contribution in [0.5, 0.6) is 0 Å². The molecule has 0 radical (unpaired) electrons. The molecule has 1 amide bonds. The lowest BCUT2D eigenvalue weighted by Gasteiger charge is -2.02. The van der Waals surface area contributed by atoms with Gasteiger partial charge in [-0.05, 0) is 12.0 Å². The van der Waals surface area contributed by atoms with Crippen molar-refractivity contribution in [3.8, 4) is 21.7 Å². The van der Waals surface area contributed by atoms with Crippen molar-refractivity contribution in [1.29, 1.82) is 0 Å². The molecule has 0 spiro atoms. The number of hydrogen-bond acceptors (Lipinski definition) is 5. The van der Waals surface area contributed by atoms with Gasteiger partial charge in [-0.2, -0.15) is 0 Å². The zero-order chi connectivity index (χ0) is 19.1. The van der Waals surface area contributed by atoms with Gasteiger partial charge in [-0.25, -0.2) is 4.98 Å². The van der Waals surface area contributed by atoms with E-state index in [2.05, 4.69) is 10.3 Å². The smallest absolute Gasteiger partial charge is 0.226 e. The van der Waals surface area contributed by atoms with Crippen molar-refractivity contribution in [2.24, 2.45) is 0 Å². The second-order valence-electron chi connectivity index (χ2n) is 6.03. The number of aliphatic hydroxyl groups excluding tert-OH is 1. The van der Waals surface area contributed by atoms with E-state index in [0.29, 0.717) is 11.6 Å². The van der Waals surface area contributed by atoms with Gasteiger partial charge in [0.1, 0.15) is 6.61 Å². The van der Waals surface area contributed by atoms with Gasteiger partial charge < -0.3 is 10.4 Å². The van der Waals surface area contributed by atoms with E-state index in [0.717, 1.165) is 21.7 Å². The molecule has 0 aliphatic carbocycles. The lowest BCUT2D eigenvalue weighted by Crippen LogP contribution is -2.12. The minimum Gasteiger partial charge on any atom is -0.389 e. The molecule has 5 nitrogen and oxygen atoms in total. The summed E-state index contributed by atoms with van der Waals surface area (Å²) in [4.78, 5) is 28.9. The van der Waals surface area contributed by atoms with E-state index in [4.69, 9.17) is 5.11 Å². The van der Waals surface area contributed by atoms with Gasteiger partial charge >= 0.3 is 0 Å². The fraction of sp³-hybridized carbons (Fsp3) is 0.190. The number of aliphatic hydroxyl groups is 1. The number of hydrogen-bond donors (Lipinski definition) is 2. The number of ketones is 1. The molecule has 2 N–H and O–H groups in total. The van der Waals surface area contributed by atoms with Crippen LogP contribution in [0.15, 0.2) is 60.7 Å². The molecule has 2 aromatic carbocycles. The van der Waals surface area contributed by atoms with Gasteiger partial charge in [0.25, 0.3) is 0 Å². The Morgan fingerprint density at radius 2 is 1.56 bits per heavy atom. The first kappa shape index (κ1) is 18.9. The number of nitrogens with one attached hydrogen (secondary N) is 1. The average Bonchev–Trinajstić information content (AvgIpc) is 3.13. The van der Waals surface area contributed by atoms with Crippen LogP contribution in [-0.2, 0) is 9.59 Å². The Morgan fingerprint density at radius 1 is 0.926 bits per heavy atom. The molecule has 1 aromatic heterocycles. The van der Waals surface area contributed by atoms with Crippen molar-refractivity contribution in [2.45, 2.75) is 19.3 Å². The molecule has 0 unspecified atom stereocenters. The predicted molar refractivity (Wildman–Crippen MR) is 108 cm³/mol. The number of amides is 1. The van der Waals surface area contributed by atoms with Gasteiger partial charge in [0.2, 0.25) is 5.91 Å². The topological polar surface area (TPSA) is 79.3 Å². The van der Waals surface area contributed by atoms with E-state index in [1.807, 2.05) is 60.7 Å². The van der Waals surface area contributed by atoms with E-state index < -0.39 is 6.61 Å². The van der Waals surface area contributed by atoms with E-state index in [1.165, 1.54) is 11.3 Å². The Kier molecular flexibility index (Phi) is 6.46. The number of carbonyl (C=O) groups is 2. The van der Waals surface area contributed by atoms with Crippen molar-refractivity contribution in [3.63, 3.8) is 0 Å². The summed E-state index contributed by atoms with van der Waals surface area (Å²) in [5.74, 6) is -0.441. The highest BCUT2D eigenvalue weighted by Crippen LogP contribution is 2.38. The van der Waals surface area contributed by atoms with Crippen LogP contribution in [0, 0.1) is 0 Å². The zero-order valence-electron chi connectivity index (χ0n) is 14.7. The Labute approximate surface area is 161 Å². The van der Waals surface area contributed by atoms with Crippen LogP contribution in [0.1, 0.15) is 19.3 Å². The molecule has 6 heteroatoms. The number of anilines is 1. The third-order valence-electron chi connectivity index (χ3n) is 3.99. The second kappa shape index (κ2) is 9.21. The Balaban J connectivity index is 1.80. The highest BCUT2D eigenvalue weighted by atomic mass is 32.1. The van der Waals surface area contributed by atoms with Crippen molar-refractivity contribution in [1.82, 2.24) is 4.98 Å². The second-order valence-corrected chi connectivity index (χ2v) is 7.03. The van der Waals surface area contributed by atoms with Crippen LogP contribution >= 0.6 is 11.3 Å². The average molecular weight is 380 g/mol. The minimum atomic E-state index is -0.477. The van der Waals surface area contributed by atoms with E-state index in [9.17, 15) is 9.59 Å². The minimum absolute atomic E-state index is 0.186. The van der Waals surface area contributed by atoms with Crippen LogP contribution in [-0.4, -0.2) is 28.4 Å². The first-order valence-electron chi connectivity index (χ1n) is 8.71. The molecular weight excluding hydrogens is 360 g/mol. The molecule has 1 heterocycles. The van der Waals surface area contributed by atoms with E-state index in [-0.39, 0.29) is 24.5 Å². The maximum absolute atomic E-state index is 12.2. The maximum Gasteiger partial charge on any atom is 0.226 e. The number of thiazole rings is 1. The third kappa shape index (κ3) is 5.09. The van der Waals surface area contributed by atoms with E-state index in [1.54, 1.807) is 0 Å². The number of carbonyl (C=O) groups excluding carboxylic acids is 2. The van der Waals surface area contributed by atoms with Crippen LogP contribution in [0.4, 0.5) is 5.13 Å². The Bertz CT molecular complexity index is 851. The lowest BCUT2D eigenvalue weighted by molar-refractivity contribution is -0.122. The molecule has 3 rings (SSSR count). The molecule has 0 saturated carbocycles. The highest BCUT2D eigenvalue weighted by Gasteiger charge is 2.16. The molecule has 138 valence electrons. The Hall–Kier alpha value is -2.83. The molecule has 0 fully saturated rings. The molecule has 0 saturated heterocycles. The molecular formula is C21H20N2O3S. The number of rotatable bonds is 8. The van der Waals surface area contributed by atoms with Crippen LogP contribution in [0.25, 0.3) is 21.7 Å². The lowest BCUT2D eigenvalue weighted by atomic mass is 10.1. The molecule has 0 aliphatic heterocycles. The molecule has 27 heavy (non-hydrogen) atoms. The van der Waals surface area contributed by atoms with Gasteiger partial charge in [0, 0.05) is 18.4 Å². The number of nitrogens with zero attached hydrogens (tertiary/aromatic N) is 1. The summed E-state index contributed by atoms with van der Waals surface area (Å²) in [6, 6.07) is 19.8. The fourth-order valence-electron chi connectivity index (χ4n) is 2.66. The normalized spacial score (nSPS) is 10.6. The predicted octanol–water partition coefficient (Wildman–Crippen LogP) is 4.15. The van der Waals surface area contributed by atoms with E-state index >= 15 is 0 Å². The van der Waals surface area contributed by atoms with Gasteiger partial charge in [-0.1, -0.05) is 72.0 Å². The highest BCUT2D eigenvalue weighted by molar-refractivity contribution is 7.19. The number of Topliss-reactive ketones (excluding diaryl/α,β-unsaturated/α-hetero) is 1. The zero-order valence-corrected chi connectivity index (χ0v) is 15.5. The summed E-state index contributed by atoms with van der Waals surface area (Å²) in [5, 5.41) is 12.1. The van der Waals surface area contributed by atoms with Gasteiger partial charge in [0.15, 0.2) is 10.9 Å². The quantitative estimate of drug-likeness (QED) is 0.615. The first-order valence-corrected chi connectivity index (χ1v) is 9.53. The SMILES string of the molecule is O=C(CO)CCCC(=O)Nc1nc(-c2ccccc2)c(-c2ccccc2)s1. The van der Waals surface area contributed by atoms with Crippen LogP contribution < -0.4 is 5.32 Å². The third-order valence-corrected chi connectivity index (χ3v) is 5.01. The van der Waals surface area contributed by atoms with Crippen molar-refractivity contribution in [2.75, 3.05) is 11.9 Å². The summed E-state index contributed by atoms with van der Waals surface area (Å²) in [6.07, 6.45) is 0.826. The summed E-state index contributed by atoms with van der Waals surface area (Å²) in [6.45, 7) is -0.477. The van der Waals surface area contributed by atoms with Crippen molar-refractivity contribution in [3.05, 3.63) is 60.7 Å². The molecule has 0 aliphatic rings. The largest absolute Gasteiger partial charge is 0.389 e. The van der Waals surface area contributed by atoms with Gasteiger partial charge in [-0.3, -0.25) is 9.59 Å². The van der Waals surface area contributed by atoms with Crippen molar-refractivity contribution < 1.29 is 14.7 Å². The molecule has 0 atom stereocenters. The van der Waals surface area contributed by atoms with Crippen LogP contribution in [0.3, 0.4) is 0 Å². The van der Waals surface area contributed by atoms with Gasteiger partial charge in [-0.15, -0.1) is 0 Å². The van der Waals surface area contributed by atoms with Gasteiger partial charge in [0.05, 0.1) is 10.6 Å². The summed E-state index contributed by atoms with van der Waals surface area (Å²) in [5.41, 5.74) is 2.86. The fourth-order valence-corrected chi connectivity index (χ4v) is 3.67. The standard InChI is InChI=1S/C21H20N2O3S/c24-14-17(25)12-7-13-18(26)22-21-23-19(15-8-3-1-4-9-15)20(27-21)16-10-5-2-6-11-16/h1-6,8-11,24H,7,12-14H2,(H,22,23,26). The van der Waals surface area contributed by atoms with Crippen LogP contribution in [0.2, 0.25) is 0 Å². The Morgan fingerprint density at radius 3 is 2.19 bits per heavy atom. The summed E-state index contributed by atoms with van der Waals surface area (Å²) >= 11 is 1.43. The molecule has 0 bridgehead atoms. The monoisotopic (exact) mass is 380 g/mol. The maximum atomic E-state index is 12.2. The van der Waals surface area contributed by atoms with Crippen molar-refractivity contribution >= 4 is 28.2 Å². The molecule has 3 aromatic rings. The number of aromatic nitrogens is 1.